The number of pyridine rings is 1. The first-order valence-corrected chi connectivity index (χ1v) is 7.84. The van der Waals surface area contributed by atoms with Gasteiger partial charge in [-0.1, -0.05) is 17.7 Å². The second-order valence-electron chi connectivity index (χ2n) is 5.82. The van der Waals surface area contributed by atoms with Gasteiger partial charge in [-0.2, -0.15) is 4.39 Å². The molecule has 24 heavy (non-hydrogen) atoms. The Morgan fingerprint density at radius 2 is 2.21 bits per heavy atom. The number of hydrogen-bond donors (Lipinski definition) is 2. The van der Waals surface area contributed by atoms with Gasteiger partial charge in [0.15, 0.2) is 0 Å². The Balaban J connectivity index is 1.84. The molecule has 2 aliphatic heterocycles. The number of nitrogens with one attached hydrogen (secondary N) is 2. The maximum absolute atomic E-state index is 13.2. The number of carbonyl (C=O) groups is 2. The van der Waals surface area contributed by atoms with Crippen LogP contribution in [0.2, 0.25) is 0 Å². The number of nitrogens with zero attached hydrogens (tertiary/aromatic N) is 3. The average Bonchev–Trinajstić information content (AvgIpc) is 2.98. The van der Waals surface area contributed by atoms with E-state index in [0.29, 0.717) is 6.54 Å². The van der Waals surface area contributed by atoms with Crippen molar-refractivity contribution in [3.05, 3.63) is 35.9 Å². The van der Waals surface area contributed by atoms with E-state index < -0.39 is 17.8 Å². The van der Waals surface area contributed by atoms with Crippen LogP contribution in [0.1, 0.15) is 0 Å². The minimum atomic E-state index is -0.919. The lowest BCUT2D eigenvalue weighted by molar-refractivity contribution is -0.135. The predicted molar refractivity (Wildman–Crippen MR) is 86.1 cm³/mol. The van der Waals surface area contributed by atoms with Gasteiger partial charge in [0.2, 0.25) is 17.8 Å². The number of alkyl halides is 1. The zero-order chi connectivity index (χ0) is 17.4. The van der Waals surface area contributed by atoms with Crippen molar-refractivity contribution in [2.24, 2.45) is 11.8 Å². The van der Waals surface area contributed by atoms with Crippen LogP contribution in [0.3, 0.4) is 0 Å². The normalized spacial score (nSPS) is 26.8. The summed E-state index contributed by atoms with van der Waals surface area (Å²) in [5, 5.41) is 4.24. The molecule has 128 valence electrons. The fourth-order valence-electron chi connectivity index (χ4n) is 3.07. The van der Waals surface area contributed by atoms with Gasteiger partial charge in [-0.05, 0) is 18.2 Å². The largest absolute Gasteiger partial charge is 0.344 e. The molecule has 0 aromatic carbocycles. The van der Waals surface area contributed by atoms with E-state index >= 15 is 0 Å². The van der Waals surface area contributed by atoms with E-state index in [1.165, 1.54) is 23.1 Å². The molecule has 3 heterocycles. The highest BCUT2D eigenvalue weighted by Crippen LogP contribution is 2.34. The summed E-state index contributed by atoms with van der Waals surface area (Å²) < 4.78 is 13.2. The van der Waals surface area contributed by atoms with Gasteiger partial charge in [-0.25, -0.2) is 10.4 Å². The number of anilines is 1. The second-order valence-corrected chi connectivity index (χ2v) is 6.29. The number of hydrogen-bond acceptors (Lipinski definition) is 5. The van der Waals surface area contributed by atoms with Crippen LogP contribution in [0.15, 0.2) is 30.0 Å². The number of amides is 2. The molecule has 3 rings (SSSR count). The second kappa shape index (κ2) is 6.37. The summed E-state index contributed by atoms with van der Waals surface area (Å²) >= 11 is 6.05. The first kappa shape index (κ1) is 16.7. The SMILES string of the molecule is CN1C[C@H](C2=CC(Cl)NN2C)[C@@H](C(=O)Nc2cccc(F)n2)C1=O. The Hall–Kier alpha value is -2.19. The van der Waals surface area contributed by atoms with E-state index in [2.05, 4.69) is 15.7 Å². The van der Waals surface area contributed by atoms with Crippen LogP contribution in [0.5, 0.6) is 0 Å². The van der Waals surface area contributed by atoms with Crippen molar-refractivity contribution >= 4 is 29.2 Å². The third-order valence-corrected chi connectivity index (χ3v) is 4.39. The van der Waals surface area contributed by atoms with Crippen molar-refractivity contribution in [1.82, 2.24) is 20.3 Å². The van der Waals surface area contributed by atoms with Gasteiger partial charge in [0.1, 0.15) is 17.2 Å². The molecule has 9 heteroatoms. The molecule has 2 amide bonds. The molecule has 3 atom stereocenters. The van der Waals surface area contributed by atoms with Crippen LogP contribution in [0, 0.1) is 17.8 Å². The molecule has 1 aromatic rings. The van der Waals surface area contributed by atoms with E-state index in [1.807, 2.05) is 0 Å². The molecule has 1 fully saturated rings. The summed E-state index contributed by atoms with van der Waals surface area (Å²) in [6.45, 7) is 0.398. The number of carbonyl (C=O) groups excluding carboxylic acids is 2. The highest BCUT2D eigenvalue weighted by atomic mass is 35.5. The lowest BCUT2D eigenvalue weighted by Crippen LogP contribution is -2.38. The molecule has 2 aliphatic rings. The fourth-order valence-corrected chi connectivity index (χ4v) is 3.35. The average molecular weight is 354 g/mol. The smallest absolute Gasteiger partial charge is 0.238 e. The van der Waals surface area contributed by atoms with E-state index in [-0.39, 0.29) is 23.1 Å². The van der Waals surface area contributed by atoms with Crippen LogP contribution >= 0.6 is 11.6 Å². The van der Waals surface area contributed by atoms with E-state index in [0.717, 1.165) is 5.70 Å². The number of rotatable bonds is 3. The minimum absolute atomic E-state index is 0.0724. The number of hydrazine groups is 1. The van der Waals surface area contributed by atoms with Gasteiger partial charge in [0.05, 0.1) is 0 Å². The Kier molecular flexibility index (Phi) is 4.42. The predicted octanol–water partition coefficient (Wildman–Crippen LogP) is 0.762. The third kappa shape index (κ3) is 3.07. The molecular weight excluding hydrogens is 337 g/mol. The van der Waals surface area contributed by atoms with E-state index in [9.17, 15) is 14.0 Å². The lowest BCUT2D eigenvalue weighted by atomic mass is 9.91. The number of halogens is 2. The summed E-state index contributed by atoms with van der Waals surface area (Å²) in [4.78, 5) is 30.1. The van der Waals surface area contributed by atoms with Crippen LogP contribution < -0.4 is 10.7 Å². The van der Waals surface area contributed by atoms with Gasteiger partial charge >= 0.3 is 0 Å². The Morgan fingerprint density at radius 1 is 1.46 bits per heavy atom. The van der Waals surface area contributed by atoms with Gasteiger partial charge < -0.3 is 15.2 Å². The lowest BCUT2D eigenvalue weighted by Gasteiger charge is -2.24. The van der Waals surface area contributed by atoms with Crippen molar-refractivity contribution < 1.29 is 14.0 Å². The maximum atomic E-state index is 13.2. The monoisotopic (exact) mass is 353 g/mol. The molecule has 1 aromatic heterocycles. The highest BCUT2D eigenvalue weighted by Gasteiger charge is 2.47. The minimum Gasteiger partial charge on any atom is -0.344 e. The van der Waals surface area contributed by atoms with Crippen LogP contribution in [-0.2, 0) is 9.59 Å². The topological polar surface area (TPSA) is 77.6 Å². The summed E-state index contributed by atoms with van der Waals surface area (Å²) in [5.74, 6) is -2.70. The van der Waals surface area contributed by atoms with Crippen molar-refractivity contribution in [3.63, 3.8) is 0 Å². The number of aromatic nitrogens is 1. The molecule has 0 aliphatic carbocycles. The molecule has 1 saturated heterocycles. The highest BCUT2D eigenvalue weighted by molar-refractivity contribution is 6.21. The summed E-state index contributed by atoms with van der Waals surface area (Å²) in [7, 11) is 3.42. The first-order valence-electron chi connectivity index (χ1n) is 7.41. The van der Waals surface area contributed by atoms with Gasteiger partial charge in [0, 0.05) is 32.3 Å². The van der Waals surface area contributed by atoms with Crippen molar-refractivity contribution in [2.45, 2.75) is 5.50 Å². The van der Waals surface area contributed by atoms with Crippen LogP contribution in [-0.4, -0.2) is 52.8 Å². The van der Waals surface area contributed by atoms with Gasteiger partial charge in [0.25, 0.3) is 0 Å². The molecule has 1 unspecified atom stereocenters. The first-order chi connectivity index (χ1) is 11.4. The molecule has 2 N–H and O–H groups in total. The summed E-state index contributed by atoms with van der Waals surface area (Å²) in [5.41, 5.74) is 3.36. The molecule has 7 nitrogen and oxygen atoms in total. The van der Waals surface area contributed by atoms with Crippen molar-refractivity contribution in [2.75, 3.05) is 26.0 Å². The van der Waals surface area contributed by atoms with Crippen molar-refractivity contribution in [3.8, 4) is 0 Å². The Morgan fingerprint density at radius 3 is 2.83 bits per heavy atom. The zero-order valence-electron chi connectivity index (χ0n) is 13.2. The van der Waals surface area contributed by atoms with E-state index in [4.69, 9.17) is 11.6 Å². The van der Waals surface area contributed by atoms with E-state index in [1.54, 1.807) is 25.2 Å². The maximum Gasteiger partial charge on any atom is 0.238 e. The molecule has 0 bridgehead atoms. The van der Waals surface area contributed by atoms with Gasteiger partial charge in [-0.15, -0.1) is 0 Å². The summed E-state index contributed by atoms with van der Waals surface area (Å²) in [6, 6.07) is 4.08. The quantitative estimate of drug-likeness (QED) is 0.363. The van der Waals surface area contributed by atoms with Crippen LogP contribution in [0.25, 0.3) is 0 Å². The third-order valence-electron chi connectivity index (χ3n) is 4.17. The molecule has 0 radical (unpaired) electrons. The zero-order valence-corrected chi connectivity index (χ0v) is 13.9. The molecule has 0 spiro atoms. The summed E-state index contributed by atoms with van der Waals surface area (Å²) in [6.07, 6.45) is 1.78. The van der Waals surface area contributed by atoms with Crippen molar-refractivity contribution in [1.29, 1.82) is 0 Å². The number of likely N-dealkylation sites (tertiary alicyclic amines) is 1. The van der Waals surface area contributed by atoms with Crippen LogP contribution in [0.4, 0.5) is 10.2 Å². The fraction of sp³-hybridized carbons (Fsp3) is 0.400. The molecular formula is C15H17ClFN5O2. The Labute approximate surface area is 143 Å². The molecule has 0 saturated carbocycles. The Bertz CT molecular complexity index is 713. The van der Waals surface area contributed by atoms with Gasteiger partial charge in [-0.3, -0.25) is 9.59 Å². The standard InChI is InChI=1S/C15H17ClFN5O2/c1-21-7-8(9-6-10(16)20-22(9)2)13(15(21)24)14(23)19-12-5-3-4-11(17)18-12/h3-6,8,10,13,20H,7H2,1-2H3,(H,18,19,23)/t8-,10?,13+/m1/s1.